The van der Waals surface area contributed by atoms with Crippen molar-refractivity contribution in [2.24, 2.45) is 0 Å². The Hall–Kier alpha value is -2.95. The molecular formula is C20H26N2O8S. The van der Waals surface area contributed by atoms with Crippen LogP contribution in [0.3, 0.4) is 0 Å². The molecule has 0 fully saturated rings. The van der Waals surface area contributed by atoms with Crippen molar-refractivity contribution in [1.82, 2.24) is 10.6 Å². The summed E-state index contributed by atoms with van der Waals surface area (Å²) in [6.45, 7) is 2.79. The zero-order valence-electron chi connectivity index (χ0n) is 17.8. The van der Waals surface area contributed by atoms with E-state index < -0.39 is 42.4 Å². The fraction of sp³-hybridized carbons (Fsp3) is 0.500. The molecule has 170 valence electrons. The fourth-order valence-electron chi connectivity index (χ4n) is 3.00. The fourth-order valence-corrected chi connectivity index (χ4v) is 4.07. The Morgan fingerprint density at radius 2 is 2.06 bits per heavy atom. The summed E-state index contributed by atoms with van der Waals surface area (Å²) in [4.78, 5) is 49.5. The summed E-state index contributed by atoms with van der Waals surface area (Å²) in [6.07, 6.45) is 0.112. The second kappa shape index (κ2) is 10.9. The third kappa shape index (κ3) is 5.81. The minimum Gasteiger partial charge on any atom is -0.507 e. The van der Waals surface area contributed by atoms with Gasteiger partial charge in [-0.3, -0.25) is 9.59 Å². The van der Waals surface area contributed by atoms with Gasteiger partial charge in [-0.2, -0.15) is 11.8 Å². The smallest absolute Gasteiger partial charge is 0.339 e. The molecule has 0 radical (unpaired) electrons. The largest absolute Gasteiger partial charge is 0.507 e. The van der Waals surface area contributed by atoms with Gasteiger partial charge in [-0.05, 0) is 6.92 Å². The van der Waals surface area contributed by atoms with E-state index in [4.69, 9.17) is 14.2 Å². The maximum atomic E-state index is 12.9. The summed E-state index contributed by atoms with van der Waals surface area (Å²) in [6, 6.07) is -0.808. The molecule has 1 heterocycles. The Morgan fingerprint density at radius 3 is 2.68 bits per heavy atom. The number of carbonyl (C=O) groups excluding carboxylic acids is 4. The SMILES string of the molecule is CCC(=O)N[C@H]1COC(=O)c2c(C)c(OC)cc(O)c2CSC[C@@H](C(=O)OC)NC1=O. The first-order valence-electron chi connectivity index (χ1n) is 9.55. The predicted octanol–water partition coefficient (Wildman–Crippen LogP) is 0.665. The summed E-state index contributed by atoms with van der Waals surface area (Å²) in [5, 5.41) is 15.5. The highest BCUT2D eigenvalue weighted by Gasteiger charge is 2.31. The first kappa shape index (κ1) is 24.3. The second-order valence-electron chi connectivity index (χ2n) is 6.75. The number of methoxy groups -OCH3 is 2. The third-order valence-electron chi connectivity index (χ3n) is 4.73. The minimum absolute atomic E-state index is 0.112. The number of ether oxygens (including phenoxy) is 3. The van der Waals surface area contributed by atoms with Crippen LogP contribution >= 0.6 is 11.8 Å². The zero-order valence-corrected chi connectivity index (χ0v) is 18.6. The van der Waals surface area contributed by atoms with Crippen LogP contribution in [0.1, 0.15) is 34.8 Å². The van der Waals surface area contributed by atoms with Crippen LogP contribution < -0.4 is 15.4 Å². The number of hydrogen-bond acceptors (Lipinski definition) is 9. The van der Waals surface area contributed by atoms with Crippen LogP contribution in [0.15, 0.2) is 6.07 Å². The van der Waals surface area contributed by atoms with Crippen LogP contribution in [0.4, 0.5) is 0 Å². The molecule has 1 aromatic rings. The van der Waals surface area contributed by atoms with Gasteiger partial charge in [0.15, 0.2) is 0 Å². The molecule has 1 aliphatic rings. The van der Waals surface area contributed by atoms with Crippen LogP contribution in [-0.2, 0) is 29.6 Å². The lowest BCUT2D eigenvalue weighted by atomic mass is 10.0. The molecule has 11 heteroatoms. The number of esters is 2. The molecule has 0 saturated carbocycles. The molecule has 0 bridgehead atoms. The van der Waals surface area contributed by atoms with E-state index in [1.807, 2.05) is 0 Å². The zero-order chi connectivity index (χ0) is 23.1. The lowest BCUT2D eigenvalue weighted by Gasteiger charge is -2.24. The van der Waals surface area contributed by atoms with E-state index in [-0.39, 0.29) is 29.2 Å². The Kier molecular flexibility index (Phi) is 8.55. The van der Waals surface area contributed by atoms with Gasteiger partial charge in [0, 0.05) is 35.1 Å². The summed E-state index contributed by atoms with van der Waals surface area (Å²) in [5.41, 5.74) is 0.888. The van der Waals surface area contributed by atoms with Crippen molar-refractivity contribution < 1.29 is 38.5 Å². The Bertz CT molecular complexity index is 873. The number of fused-ring (bicyclic) bond motifs is 1. The number of phenols is 1. The van der Waals surface area contributed by atoms with Gasteiger partial charge in [0.05, 0.1) is 19.8 Å². The Balaban J connectivity index is 2.48. The van der Waals surface area contributed by atoms with Gasteiger partial charge in [-0.1, -0.05) is 6.92 Å². The van der Waals surface area contributed by atoms with E-state index >= 15 is 0 Å². The van der Waals surface area contributed by atoms with Gasteiger partial charge in [-0.15, -0.1) is 0 Å². The maximum absolute atomic E-state index is 12.9. The van der Waals surface area contributed by atoms with Gasteiger partial charge in [0.2, 0.25) is 11.8 Å². The number of aromatic hydroxyl groups is 1. The number of phenolic OH excluding ortho intramolecular Hbond substituents is 1. The van der Waals surface area contributed by atoms with Gasteiger partial charge in [0.25, 0.3) is 0 Å². The quantitative estimate of drug-likeness (QED) is 0.560. The summed E-state index contributed by atoms with van der Waals surface area (Å²) in [5.74, 6) is -2.12. The number of nitrogens with one attached hydrogen (secondary N) is 2. The highest BCUT2D eigenvalue weighted by Crippen LogP contribution is 2.35. The lowest BCUT2D eigenvalue weighted by Crippen LogP contribution is -2.54. The van der Waals surface area contributed by atoms with Crippen LogP contribution in [0.5, 0.6) is 11.5 Å². The molecule has 1 aliphatic heterocycles. The minimum atomic E-state index is -1.21. The van der Waals surface area contributed by atoms with Gasteiger partial charge in [-0.25, -0.2) is 9.59 Å². The molecule has 0 saturated heterocycles. The number of rotatable bonds is 4. The van der Waals surface area contributed by atoms with E-state index in [2.05, 4.69) is 10.6 Å². The molecule has 0 aliphatic carbocycles. The predicted molar refractivity (Wildman–Crippen MR) is 112 cm³/mol. The average molecular weight is 455 g/mol. The van der Waals surface area contributed by atoms with Crippen molar-refractivity contribution in [2.45, 2.75) is 38.1 Å². The van der Waals surface area contributed by atoms with Gasteiger partial charge < -0.3 is 30.0 Å². The average Bonchev–Trinajstić information content (AvgIpc) is 2.75. The van der Waals surface area contributed by atoms with E-state index in [1.165, 1.54) is 32.0 Å². The number of hydrogen-bond donors (Lipinski definition) is 3. The Morgan fingerprint density at radius 1 is 1.35 bits per heavy atom. The normalized spacial score (nSPS) is 19.6. The molecule has 1 aromatic carbocycles. The molecule has 0 aromatic heterocycles. The molecule has 31 heavy (non-hydrogen) atoms. The molecule has 0 spiro atoms. The molecule has 0 unspecified atom stereocenters. The number of amides is 2. The van der Waals surface area contributed by atoms with Crippen molar-refractivity contribution in [1.29, 1.82) is 0 Å². The summed E-state index contributed by atoms with van der Waals surface area (Å²) >= 11 is 1.21. The standard InChI is InChI=1S/C20H26N2O8S/c1-5-16(24)21-12-7-30-20(27)17-10(2)15(28-3)6-14(23)11(17)8-31-9-13(19(26)29-4)22-18(12)25/h6,12-13,23H,5,7-9H2,1-4H3,(H,21,24)(H,22,25)/t12-,13-/m0/s1. The molecule has 3 N–H and O–H groups in total. The first-order valence-corrected chi connectivity index (χ1v) is 10.7. The molecule has 2 amide bonds. The number of benzene rings is 1. The molecular weight excluding hydrogens is 428 g/mol. The van der Waals surface area contributed by atoms with Crippen molar-refractivity contribution in [3.63, 3.8) is 0 Å². The van der Waals surface area contributed by atoms with Crippen LogP contribution in [0, 0.1) is 6.92 Å². The Labute approximate surface area is 184 Å². The van der Waals surface area contributed by atoms with E-state index in [9.17, 15) is 24.3 Å². The van der Waals surface area contributed by atoms with Crippen molar-refractivity contribution >= 4 is 35.5 Å². The van der Waals surface area contributed by atoms with E-state index in [0.29, 0.717) is 16.9 Å². The number of carbonyl (C=O) groups is 4. The highest BCUT2D eigenvalue weighted by atomic mass is 32.2. The van der Waals surface area contributed by atoms with Crippen LogP contribution in [-0.4, -0.2) is 67.5 Å². The van der Waals surface area contributed by atoms with Gasteiger partial charge >= 0.3 is 11.9 Å². The maximum Gasteiger partial charge on any atom is 0.339 e. The topological polar surface area (TPSA) is 140 Å². The third-order valence-corrected chi connectivity index (χ3v) is 5.80. The number of cyclic esters (lactones) is 1. The highest BCUT2D eigenvalue weighted by molar-refractivity contribution is 7.98. The summed E-state index contributed by atoms with van der Waals surface area (Å²) in [7, 11) is 2.61. The monoisotopic (exact) mass is 454 g/mol. The van der Waals surface area contributed by atoms with E-state index in [1.54, 1.807) is 13.8 Å². The van der Waals surface area contributed by atoms with Crippen LogP contribution in [0.25, 0.3) is 0 Å². The van der Waals surface area contributed by atoms with Crippen molar-refractivity contribution in [2.75, 3.05) is 26.6 Å². The number of thioether (sulfide) groups is 1. The van der Waals surface area contributed by atoms with Crippen molar-refractivity contribution in [3.8, 4) is 11.5 Å². The van der Waals surface area contributed by atoms with Gasteiger partial charge in [0.1, 0.15) is 30.2 Å². The van der Waals surface area contributed by atoms with Crippen LogP contribution in [0.2, 0.25) is 0 Å². The van der Waals surface area contributed by atoms with Crippen molar-refractivity contribution in [3.05, 3.63) is 22.8 Å². The molecule has 10 nitrogen and oxygen atoms in total. The van der Waals surface area contributed by atoms with E-state index in [0.717, 1.165) is 0 Å². The molecule has 2 atom stereocenters. The second-order valence-corrected chi connectivity index (χ2v) is 7.78. The molecule has 2 rings (SSSR count). The first-order chi connectivity index (χ1) is 14.7. The lowest BCUT2D eigenvalue weighted by molar-refractivity contribution is -0.144. The summed E-state index contributed by atoms with van der Waals surface area (Å²) < 4.78 is 15.3.